The first-order chi connectivity index (χ1) is 9.02. The van der Waals surface area contributed by atoms with E-state index < -0.39 is 12.0 Å². The lowest BCUT2D eigenvalue weighted by Crippen LogP contribution is -2.40. The molecule has 0 saturated carbocycles. The average Bonchev–Trinajstić information content (AvgIpc) is 2.36. The second-order valence-electron chi connectivity index (χ2n) is 4.74. The molecular formula is C15H21NO3. The molecule has 1 unspecified atom stereocenters. The van der Waals surface area contributed by atoms with Crippen molar-refractivity contribution in [1.29, 1.82) is 0 Å². The van der Waals surface area contributed by atoms with Crippen LogP contribution in [0.15, 0.2) is 24.3 Å². The maximum Gasteiger partial charge on any atom is 0.326 e. The first-order valence-electron chi connectivity index (χ1n) is 6.60. The van der Waals surface area contributed by atoms with Crippen molar-refractivity contribution in [2.24, 2.45) is 0 Å². The minimum Gasteiger partial charge on any atom is -0.480 e. The van der Waals surface area contributed by atoms with Gasteiger partial charge in [-0.3, -0.25) is 4.79 Å². The van der Waals surface area contributed by atoms with Gasteiger partial charge in [0.2, 0.25) is 5.91 Å². The molecule has 2 N–H and O–H groups in total. The molecule has 19 heavy (non-hydrogen) atoms. The summed E-state index contributed by atoms with van der Waals surface area (Å²) >= 11 is 0. The van der Waals surface area contributed by atoms with E-state index in [0.717, 1.165) is 17.5 Å². The van der Waals surface area contributed by atoms with Crippen molar-refractivity contribution < 1.29 is 14.7 Å². The van der Waals surface area contributed by atoms with Gasteiger partial charge in [0.15, 0.2) is 0 Å². The van der Waals surface area contributed by atoms with Crippen LogP contribution in [-0.4, -0.2) is 23.0 Å². The summed E-state index contributed by atoms with van der Waals surface area (Å²) in [5, 5.41) is 11.5. The molecule has 1 rings (SSSR count). The first kappa shape index (κ1) is 15.2. The van der Waals surface area contributed by atoms with E-state index in [2.05, 4.69) is 5.32 Å². The number of carboxylic acids is 1. The summed E-state index contributed by atoms with van der Waals surface area (Å²) in [6.45, 7) is 3.90. The van der Waals surface area contributed by atoms with Crippen molar-refractivity contribution in [3.8, 4) is 0 Å². The van der Waals surface area contributed by atoms with Gasteiger partial charge in [-0.2, -0.15) is 0 Å². The lowest BCUT2D eigenvalue weighted by Gasteiger charge is -2.13. The molecule has 0 radical (unpaired) electrons. The third kappa shape index (κ3) is 5.55. The Morgan fingerprint density at radius 1 is 1.37 bits per heavy atom. The van der Waals surface area contributed by atoms with Crippen LogP contribution in [0.3, 0.4) is 0 Å². The molecule has 1 atom stereocenters. The minimum absolute atomic E-state index is 0.206. The van der Waals surface area contributed by atoms with Crippen LogP contribution in [0.4, 0.5) is 0 Å². The van der Waals surface area contributed by atoms with Gasteiger partial charge in [-0.25, -0.2) is 4.79 Å². The van der Waals surface area contributed by atoms with Crippen LogP contribution in [0.1, 0.15) is 37.3 Å². The number of benzene rings is 1. The molecule has 1 aromatic rings. The molecule has 0 aliphatic carbocycles. The third-order valence-corrected chi connectivity index (χ3v) is 2.93. The number of hydrogen-bond acceptors (Lipinski definition) is 2. The van der Waals surface area contributed by atoms with Crippen molar-refractivity contribution in [2.75, 3.05) is 0 Å². The number of nitrogens with one attached hydrogen (secondary N) is 1. The molecular weight excluding hydrogens is 242 g/mol. The third-order valence-electron chi connectivity index (χ3n) is 2.93. The van der Waals surface area contributed by atoms with Crippen LogP contribution in [0.2, 0.25) is 0 Å². The number of amides is 1. The van der Waals surface area contributed by atoms with Gasteiger partial charge in [-0.15, -0.1) is 0 Å². The molecule has 0 aliphatic rings. The number of rotatable bonds is 7. The molecule has 0 aliphatic heterocycles. The summed E-state index contributed by atoms with van der Waals surface area (Å²) in [6.07, 6.45) is 2.14. The summed E-state index contributed by atoms with van der Waals surface area (Å²) < 4.78 is 0. The molecule has 0 bridgehead atoms. The van der Waals surface area contributed by atoms with Gasteiger partial charge >= 0.3 is 5.97 Å². The highest BCUT2D eigenvalue weighted by molar-refractivity contribution is 5.83. The standard InChI is InChI=1S/C15H21NO3/c1-3-5-13(15(18)19)16-14(17)9-8-12-7-4-6-11(2)10-12/h4,6-7,10,13H,3,5,8-9H2,1-2H3,(H,16,17)(H,18,19). The van der Waals surface area contributed by atoms with Gasteiger partial charge in [-0.05, 0) is 25.3 Å². The zero-order valence-electron chi connectivity index (χ0n) is 11.5. The Bertz CT molecular complexity index is 443. The van der Waals surface area contributed by atoms with Crippen molar-refractivity contribution in [1.82, 2.24) is 5.32 Å². The van der Waals surface area contributed by atoms with Gasteiger partial charge in [0.05, 0.1) is 0 Å². The number of carbonyl (C=O) groups excluding carboxylic acids is 1. The number of carbonyl (C=O) groups is 2. The molecule has 1 amide bonds. The van der Waals surface area contributed by atoms with Crippen LogP contribution in [0, 0.1) is 6.92 Å². The van der Waals surface area contributed by atoms with Crippen molar-refractivity contribution in [3.63, 3.8) is 0 Å². The molecule has 4 nitrogen and oxygen atoms in total. The lowest BCUT2D eigenvalue weighted by atomic mass is 10.1. The molecule has 0 fully saturated rings. The SMILES string of the molecule is CCCC(NC(=O)CCc1cccc(C)c1)C(=O)O. The van der Waals surface area contributed by atoms with Gasteiger partial charge in [-0.1, -0.05) is 43.2 Å². The topological polar surface area (TPSA) is 66.4 Å². The zero-order valence-corrected chi connectivity index (χ0v) is 11.5. The highest BCUT2D eigenvalue weighted by Gasteiger charge is 2.18. The van der Waals surface area contributed by atoms with Crippen LogP contribution in [0.25, 0.3) is 0 Å². The van der Waals surface area contributed by atoms with E-state index >= 15 is 0 Å². The molecule has 0 heterocycles. The van der Waals surface area contributed by atoms with E-state index in [1.54, 1.807) is 0 Å². The van der Waals surface area contributed by atoms with Gasteiger partial charge in [0.25, 0.3) is 0 Å². The Kier molecular flexibility index (Phi) is 6.06. The van der Waals surface area contributed by atoms with E-state index in [1.165, 1.54) is 0 Å². The van der Waals surface area contributed by atoms with Crippen molar-refractivity contribution >= 4 is 11.9 Å². The Hall–Kier alpha value is -1.84. The minimum atomic E-state index is -0.967. The van der Waals surface area contributed by atoms with Crippen LogP contribution in [0.5, 0.6) is 0 Å². The summed E-state index contributed by atoms with van der Waals surface area (Å²) in [6, 6.07) is 7.20. The summed E-state index contributed by atoms with van der Waals surface area (Å²) in [5.74, 6) is -1.17. The van der Waals surface area contributed by atoms with Crippen molar-refractivity contribution in [2.45, 2.75) is 45.6 Å². The molecule has 1 aromatic carbocycles. The molecule has 104 valence electrons. The van der Waals surface area contributed by atoms with Crippen LogP contribution >= 0.6 is 0 Å². The quantitative estimate of drug-likeness (QED) is 0.793. The number of aryl methyl sites for hydroxylation is 2. The molecule has 0 saturated heterocycles. The van der Waals surface area contributed by atoms with Gasteiger partial charge in [0.1, 0.15) is 6.04 Å². The lowest BCUT2D eigenvalue weighted by molar-refractivity contribution is -0.142. The van der Waals surface area contributed by atoms with E-state index in [-0.39, 0.29) is 5.91 Å². The number of carboxylic acid groups (broad SMARTS) is 1. The summed E-state index contributed by atoms with van der Waals surface area (Å²) in [7, 11) is 0. The maximum absolute atomic E-state index is 11.7. The second kappa shape index (κ2) is 7.56. The molecule has 0 spiro atoms. The normalized spacial score (nSPS) is 11.9. The fraction of sp³-hybridized carbons (Fsp3) is 0.467. The van der Waals surface area contributed by atoms with E-state index in [0.29, 0.717) is 19.3 Å². The molecule has 4 heteroatoms. The van der Waals surface area contributed by atoms with E-state index in [1.807, 2.05) is 38.1 Å². The van der Waals surface area contributed by atoms with E-state index in [9.17, 15) is 9.59 Å². The van der Waals surface area contributed by atoms with Gasteiger partial charge in [0, 0.05) is 6.42 Å². The number of aliphatic carboxylic acids is 1. The van der Waals surface area contributed by atoms with Crippen molar-refractivity contribution in [3.05, 3.63) is 35.4 Å². The fourth-order valence-corrected chi connectivity index (χ4v) is 1.94. The van der Waals surface area contributed by atoms with E-state index in [4.69, 9.17) is 5.11 Å². The molecule has 0 aromatic heterocycles. The number of hydrogen-bond donors (Lipinski definition) is 2. The summed E-state index contributed by atoms with van der Waals surface area (Å²) in [4.78, 5) is 22.6. The highest BCUT2D eigenvalue weighted by atomic mass is 16.4. The summed E-state index contributed by atoms with van der Waals surface area (Å²) in [5.41, 5.74) is 2.25. The van der Waals surface area contributed by atoms with Crippen LogP contribution < -0.4 is 5.32 Å². The Morgan fingerprint density at radius 3 is 2.68 bits per heavy atom. The largest absolute Gasteiger partial charge is 0.480 e. The van der Waals surface area contributed by atoms with Crippen LogP contribution in [-0.2, 0) is 16.0 Å². The first-order valence-corrected chi connectivity index (χ1v) is 6.60. The fourth-order valence-electron chi connectivity index (χ4n) is 1.94. The second-order valence-corrected chi connectivity index (χ2v) is 4.74. The maximum atomic E-state index is 11.7. The predicted molar refractivity (Wildman–Crippen MR) is 74.0 cm³/mol. The monoisotopic (exact) mass is 263 g/mol. The predicted octanol–water partition coefficient (Wildman–Crippen LogP) is 2.30. The van der Waals surface area contributed by atoms with Gasteiger partial charge < -0.3 is 10.4 Å². The Morgan fingerprint density at radius 2 is 2.11 bits per heavy atom. The Labute approximate surface area is 113 Å². The average molecular weight is 263 g/mol. The zero-order chi connectivity index (χ0) is 14.3. The highest BCUT2D eigenvalue weighted by Crippen LogP contribution is 2.07. The Balaban J connectivity index is 2.44. The smallest absolute Gasteiger partial charge is 0.326 e.